The van der Waals surface area contributed by atoms with E-state index in [1.807, 2.05) is 53.2 Å². The molecule has 7 heteroatoms. The highest BCUT2D eigenvalue weighted by Gasteiger charge is 2.16. The van der Waals surface area contributed by atoms with Crippen LogP contribution < -0.4 is 10.3 Å². The van der Waals surface area contributed by atoms with E-state index in [0.29, 0.717) is 12.0 Å². The molecule has 0 radical (unpaired) electrons. The van der Waals surface area contributed by atoms with Crippen LogP contribution in [0, 0.1) is 0 Å². The Hall–Kier alpha value is -2.09. The number of thioether (sulfide) groups is 1. The normalized spacial score (nSPS) is 12.3. The molecule has 4 nitrogen and oxygen atoms in total. The van der Waals surface area contributed by atoms with Gasteiger partial charge in [0.15, 0.2) is 0 Å². The summed E-state index contributed by atoms with van der Waals surface area (Å²) in [7, 11) is 0. The average molecular weight is 415 g/mol. The molecule has 3 aromatic heterocycles. The lowest BCUT2D eigenvalue weighted by molar-refractivity contribution is 0.344. The van der Waals surface area contributed by atoms with Crippen molar-refractivity contribution in [3.63, 3.8) is 0 Å². The second kappa shape index (κ2) is 8.29. The first-order chi connectivity index (χ1) is 13.2. The van der Waals surface area contributed by atoms with Crippen molar-refractivity contribution >= 4 is 44.7 Å². The summed E-state index contributed by atoms with van der Waals surface area (Å²) in [6.07, 6.45) is 0. The molecule has 0 aliphatic carbocycles. The van der Waals surface area contributed by atoms with Crippen LogP contribution in [-0.2, 0) is 0 Å². The molecule has 1 aromatic carbocycles. The van der Waals surface area contributed by atoms with E-state index in [0.717, 1.165) is 32.6 Å². The number of aromatic amines is 1. The van der Waals surface area contributed by atoms with E-state index in [1.165, 1.54) is 11.3 Å². The molecule has 138 valence electrons. The lowest BCUT2D eigenvalue weighted by Gasteiger charge is -2.11. The van der Waals surface area contributed by atoms with Gasteiger partial charge in [-0.2, -0.15) is 0 Å². The SMILES string of the molecule is C[C@@H](SCCOc1ccccc1)c1nc2scc(-c3cccs3)c2c(=O)[nH]1. The van der Waals surface area contributed by atoms with Gasteiger partial charge in [0.1, 0.15) is 16.4 Å². The van der Waals surface area contributed by atoms with Gasteiger partial charge in [-0.1, -0.05) is 24.3 Å². The highest BCUT2D eigenvalue weighted by molar-refractivity contribution is 7.99. The zero-order valence-electron chi connectivity index (χ0n) is 14.7. The number of nitrogens with zero attached hydrogens (tertiary/aromatic N) is 1. The second-order valence-corrected chi connectivity index (χ2v) is 9.19. The fourth-order valence-corrected chi connectivity index (χ4v) is 5.32. The van der Waals surface area contributed by atoms with E-state index in [-0.39, 0.29) is 10.8 Å². The number of benzene rings is 1. The van der Waals surface area contributed by atoms with E-state index in [2.05, 4.69) is 11.9 Å². The fourth-order valence-electron chi connectivity index (χ4n) is 2.75. The van der Waals surface area contributed by atoms with Crippen molar-refractivity contribution in [2.75, 3.05) is 12.4 Å². The molecule has 0 unspecified atom stereocenters. The summed E-state index contributed by atoms with van der Waals surface area (Å²) in [5.74, 6) is 2.41. The number of H-pyrrole nitrogens is 1. The lowest BCUT2D eigenvalue weighted by atomic mass is 10.2. The Morgan fingerprint density at radius 3 is 2.81 bits per heavy atom. The first-order valence-electron chi connectivity index (χ1n) is 8.57. The van der Waals surface area contributed by atoms with Crippen LogP contribution in [0.25, 0.3) is 20.7 Å². The van der Waals surface area contributed by atoms with Crippen LogP contribution >= 0.6 is 34.4 Å². The zero-order valence-corrected chi connectivity index (χ0v) is 17.1. The monoisotopic (exact) mass is 414 g/mol. The van der Waals surface area contributed by atoms with Gasteiger partial charge >= 0.3 is 0 Å². The molecular weight excluding hydrogens is 396 g/mol. The Kier molecular flexibility index (Phi) is 5.61. The first-order valence-corrected chi connectivity index (χ1v) is 11.4. The van der Waals surface area contributed by atoms with E-state index in [9.17, 15) is 4.79 Å². The molecule has 3 heterocycles. The summed E-state index contributed by atoms with van der Waals surface area (Å²) >= 11 is 4.88. The number of hydrogen-bond donors (Lipinski definition) is 1. The number of fused-ring (bicyclic) bond motifs is 1. The largest absolute Gasteiger partial charge is 0.493 e. The number of nitrogens with one attached hydrogen (secondary N) is 1. The average Bonchev–Trinajstić information content (AvgIpc) is 3.35. The van der Waals surface area contributed by atoms with Gasteiger partial charge in [0.05, 0.1) is 17.2 Å². The first kappa shape index (κ1) is 18.3. The van der Waals surface area contributed by atoms with Crippen molar-refractivity contribution in [2.45, 2.75) is 12.2 Å². The summed E-state index contributed by atoms with van der Waals surface area (Å²) in [6, 6.07) is 13.8. The Bertz CT molecular complexity index is 1070. The molecule has 0 bridgehead atoms. The van der Waals surface area contributed by atoms with Crippen LogP contribution in [0.4, 0.5) is 0 Å². The maximum Gasteiger partial charge on any atom is 0.260 e. The molecule has 27 heavy (non-hydrogen) atoms. The van der Waals surface area contributed by atoms with Crippen molar-refractivity contribution in [2.24, 2.45) is 0 Å². The number of ether oxygens (including phenoxy) is 1. The van der Waals surface area contributed by atoms with Crippen LogP contribution in [-0.4, -0.2) is 22.3 Å². The summed E-state index contributed by atoms with van der Waals surface area (Å²) in [4.78, 5) is 22.3. The van der Waals surface area contributed by atoms with E-state index < -0.39 is 0 Å². The Labute approximate surface area is 169 Å². The number of hydrogen-bond acceptors (Lipinski definition) is 6. The lowest BCUT2D eigenvalue weighted by Crippen LogP contribution is -2.13. The van der Waals surface area contributed by atoms with Crippen molar-refractivity contribution in [3.05, 3.63) is 69.4 Å². The van der Waals surface area contributed by atoms with Gasteiger partial charge in [-0.3, -0.25) is 4.79 Å². The predicted molar refractivity (Wildman–Crippen MR) is 116 cm³/mol. The Morgan fingerprint density at radius 2 is 2.04 bits per heavy atom. The van der Waals surface area contributed by atoms with Gasteiger partial charge in [0, 0.05) is 21.6 Å². The molecule has 0 fully saturated rings. The predicted octanol–water partition coefficient (Wildman–Crippen LogP) is 5.59. The number of rotatable bonds is 7. The van der Waals surface area contributed by atoms with Crippen LogP contribution in [0.5, 0.6) is 5.75 Å². The molecule has 0 aliphatic rings. The second-order valence-electron chi connectivity index (χ2n) is 5.93. The van der Waals surface area contributed by atoms with Gasteiger partial charge < -0.3 is 9.72 Å². The molecule has 0 spiro atoms. The minimum Gasteiger partial charge on any atom is -0.493 e. The van der Waals surface area contributed by atoms with E-state index in [4.69, 9.17) is 9.72 Å². The van der Waals surface area contributed by atoms with Gasteiger partial charge in [0.25, 0.3) is 5.56 Å². The van der Waals surface area contributed by atoms with Crippen LogP contribution in [0.1, 0.15) is 18.0 Å². The Morgan fingerprint density at radius 1 is 1.19 bits per heavy atom. The van der Waals surface area contributed by atoms with Gasteiger partial charge in [-0.05, 0) is 30.5 Å². The van der Waals surface area contributed by atoms with Crippen molar-refractivity contribution < 1.29 is 4.74 Å². The summed E-state index contributed by atoms with van der Waals surface area (Å²) < 4.78 is 5.72. The van der Waals surface area contributed by atoms with Crippen molar-refractivity contribution in [3.8, 4) is 16.2 Å². The third kappa shape index (κ3) is 4.10. The smallest absolute Gasteiger partial charge is 0.260 e. The fraction of sp³-hybridized carbons (Fsp3) is 0.200. The van der Waals surface area contributed by atoms with Crippen LogP contribution in [0.3, 0.4) is 0 Å². The molecule has 0 amide bonds. The molecule has 0 saturated carbocycles. The van der Waals surface area contributed by atoms with Crippen LogP contribution in [0.15, 0.2) is 58.0 Å². The molecule has 0 saturated heterocycles. The third-order valence-electron chi connectivity index (χ3n) is 4.10. The van der Waals surface area contributed by atoms with Gasteiger partial charge in [-0.15, -0.1) is 34.4 Å². The molecule has 4 rings (SSSR count). The van der Waals surface area contributed by atoms with E-state index in [1.54, 1.807) is 23.1 Å². The molecule has 0 aliphatic heterocycles. The van der Waals surface area contributed by atoms with Gasteiger partial charge in [-0.25, -0.2) is 4.98 Å². The minimum atomic E-state index is -0.0624. The topological polar surface area (TPSA) is 55.0 Å². The quantitative estimate of drug-likeness (QED) is 0.401. The summed E-state index contributed by atoms with van der Waals surface area (Å²) in [5, 5.41) is 4.82. The Balaban J connectivity index is 1.45. The number of aromatic nitrogens is 2. The molecule has 1 atom stereocenters. The third-order valence-corrected chi connectivity index (χ3v) is 7.00. The highest BCUT2D eigenvalue weighted by Crippen LogP contribution is 2.34. The van der Waals surface area contributed by atoms with Gasteiger partial charge in [0.2, 0.25) is 0 Å². The standard InChI is InChI=1S/C20H18N2O2S3/c1-13(25-11-9-24-14-6-3-2-4-7-14)18-21-19(23)17-15(12-27-20(17)22-18)16-8-5-10-26-16/h2-8,10,12-13H,9,11H2,1H3,(H,21,22,23)/t13-/m1/s1. The van der Waals surface area contributed by atoms with Crippen molar-refractivity contribution in [1.82, 2.24) is 9.97 Å². The number of thiophene rings is 2. The van der Waals surface area contributed by atoms with Crippen molar-refractivity contribution in [1.29, 1.82) is 0 Å². The summed E-state index contributed by atoms with van der Waals surface area (Å²) in [6.45, 7) is 2.68. The maximum absolute atomic E-state index is 12.7. The van der Waals surface area contributed by atoms with E-state index >= 15 is 0 Å². The molecule has 4 aromatic rings. The molecular formula is C20H18N2O2S3. The van der Waals surface area contributed by atoms with Crippen LogP contribution in [0.2, 0.25) is 0 Å². The highest BCUT2D eigenvalue weighted by atomic mass is 32.2. The maximum atomic E-state index is 12.7. The summed E-state index contributed by atoms with van der Waals surface area (Å²) in [5.41, 5.74) is 0.912. The number of para-hydroxylation sites is 1. The minimum absolute atomic E-state index is 0.0624. The molecule has 1 N–H and O–H groups in total. The zero-order chi connectivity index (χ0) is 18.6.